The Labute approximate surface area is 475 Å². The average molecular weight is 1190 g/mol. The van der Waals surface area contributed by atoms with Crippen molar-refractivity contribution in [3.63, 3.8) is 0 Å². The lowest BCUT2D eigenvalue weighted by Crippen LogP contribution is -2.36. The molecule has 27 heteroatoms. The maximum Gasteiger partial charge on any atom is 0.470 e. The molecule has 0 radical (unpaired) electrons. The number of fused-ring (bicyclic) bond motifs is 3. The molecule has 2 aromatic carbocycles. The molecule has 4 atom stereocenters. The van der Waals surface area contributed by atoms with Crippen molar-refractivity contribution >= 4 is 66.4 Å². The number of carbonyl (C=O) groups excluding carboxylic acids is 1. The van der Waals surface area contributed by atoms with E-state index in [1.54, 1.807) is 12.1 Å². The number of allylic oxidation sites excluding steroid dienone is 3. The van der Waals surface area contributed by atoms with Crippen LogP contribution in [-0.2, 0) is 43.2 Å². The monoisotopic (exact) mass is 1190 g/mol. The van der Waals surface area contributed by atoms with Crippen molar-refractivity contribution in [3.05, 3.63) is 113 Å². The number of carbonyl (C=O) groups is 1. The van der Waals surface area contributed by atoms with Crippen LogP contribution in [0.1, 0.15) is 102 Å². The Morgan fingerprint density at radius 2 is 1.65 bits per heavy atom. The molecule has 24 nitrogen and oxygen atoms in total. The van der Waals surface area contributed by atoms with Crippen LogP contribution in [-0.4, -0.2) is 121 Å². The smallest absolute Gasteiger partial charge is 0.456 e. The molecule has 1 saturated heterocycles. The zero-order valence-corrected chi connectivity index (χ0v) is 48.9. The SMILES string of the molecule is CC[N+](CC)=c1ccc2c(/C=C/C=C3/N(CCCCCC(=O)NCCCCCCNc4nc5c(N)ncnc5n4[C@@H]4O[C@H](COP(=O)(O)O)[C@@H](OP(=O)(O)O)[C@H]4O)c4ccc(S(=O)(=O)O)cc4C3(C)C)c(C)c(-c3ccccc3)oc-2c1. The highest BCUT2D eigenvalue weighted by Gasteiger charge is 2.50. The van der Waals surface area contributed by atoms with Gasteiger partial charge in [-0.25, -0.2) is 28.7 Å². The molecule has 0 spiro atoms. The van der Waals surface area contributed by atoms with E-state index in [0.717, 1.165) is 101 Å². The van der Waals surface area contributed by atoms with Crippen LogP contribution in [0.5, 0.6) is 0 Å². The summed E-state index contributed by atoms with van der Waals surface area (Å²) in [5.41, 5.74) is 12.1. The third kappa shape index (κ3) is 14.6. The summed E-state index contributed by atoms with van der Waals surface area (Å²) in [7, 11) is -14.8. The molecule has 5 heterocycles. The molecule has 8 rings (SSSR count). The lowest BCUT2D eigenvalue weighted by atomic mass is 9.83. The molecule has 442 valence electrons. The highest BCUT2D eigenvalue weighted by atomic mass is 32.2. The number of ether oxygens (including phenoxy) is 1. The standard InChI is InChI=1S/C55H71N9O15P2S/c1-6-62(7-2)37-24-26-40-39(35(3)49(77-43(40)31-37)36-19-12-10-13-20-36)21-18-22-45-55(4,5)41-32-38(82(73,74)75)25-27-42(41)63(45)30-17-11-14-23-46(65)57-28-15-8-9-16-29-58-54-61-47-51(56)59-34-60-52(47)64(54)53-48(66)50(79-81(70,71)72)44(78-53)33-76-80(67,68)69/h10,12-13,18-22,24-27,31-32,34,44,48,50,53,66H,6-9,11,14-17,23,28-30,33H2,1-5H3,(H8-,56,57,58,59,60,61,65,67,68,69,70,71,72,73,74,75)/p+1/t44-,48-,50-,53-/m1/s1. The normalized spacial score (nSPS) is 18.8. The summed E-state index contributed by atoms with van der Waals surface area (Å²) < 4.78 is 83.4. The Hall–Kier alpha value is -6.18. The minimum Gasteiger partial charge on any atom is -0.456 e. The van der Waals surface area contributed by atoms with E-state index >= 15 is 0 Å². The number of aliphatic hydroxyl groups is 1. The van der Waals surface area contributed by atoms with Crippen molar-refractivity contribution in [1.29, 1.82) is 0 Å². The summed E-state index contributed by atoms with van der Waals surface area (Å²) in [6, 6.07) is 21.1. The molecule has 0 saturated carbocycles. The summed E-state index contributed by atoms with van der Waals surface area (Å²) in [5, 5.41) is 18.5. The number of hydrogen-bond acceptors (Lipinski definition) is 16. The summed E-state index contributed by atoms with van der Waals surface area (Å²) in [6.45, 7) is 12.6. The van der Waals surface area contributed by atoms with Gasteiger partial charge in [0.1, 0.15) is 49.2 Å². The summed E-state index contributed by atoms with van der Waals surface area (Å²) >= 11 is 0. The summed E-state index contributed by atoms with van der Waals surface area (Å²) in [5.74, 6) is 1.57. The summed E-state index contributed by atoms with van der Waals surface area (Å²) in [6.07, 6.45) is 6.07. The maximum absolute atomic E-state index is 13.0. The second kappa shape index (κ2) is 26.2. The number of hydrogen-bond donors (Lipinski definition) is 9. The molecule has 82 heavy (non-hydrogen) atoms. The lowest BCUT2D eigenvalue weighted by Gasteiger charge is -2.27. The zero-order valence-electron chi connectivity index (χ0n) is 46.3. The summed E-state index contributed by atoms with van der Waals surface area (Å²) in [4.78, 5) is 65.2. The Kier molecular flexibility index (Phi) is 19.7. The number of imidazole rings is 1. The molecule has 0 bridgehead atoms. The zero-order chi connectivity index (χ0) is 59.1. The number of anilines is 3. The van der Waals surface area contributed by atoms with E-state index in [1.807, 2.05) is 50.3 Å². The first-order valence-electron chi connectivity index (χ1n) is 27.2. The van der Waals surface area contributed by atoms with Crippen LogP contribution in [0.3, 0.4) is 0 Å². The van der Waals surface area contributed by atoms with Gasteiger partial charge in [0.2, 0.25) is 17.2 Å². The highest BCUT2D eigenvalue weighted by molar-refractivity contribution is 7.85. The fraction of sp³-hybridized carbons (Fsp3) is 0.436. The van der Waals surface area contributed by atoms with Crippen molar-refractivity contribution in [2.45, 2.75) is 121 Å². The van der Waals surface area contributed by atoms with Gasteiger partial charge in [-0.15, -0.1) is 0 Å². The second-order valence-corrected chi connectivity index (χ2v) is 24.5. The van der Waals surface area contributed by atoms with Crippen molar-refractivity contribution in [2.24, 2.45) is 0 Å². The van der Waals surface area contributed by atoms with Gasteiger partial charge in [-0.3, -0.25) is 23.0 Å². The number of aliphatic hydroxyl groups excluding tert-OH is 1. The number of benzene rings is 3. The van der Waals surface area contributed by atoms with E-state index in [2.05, 4.69) is 90.7 Å². The third-order valence-corrected chi connectivity index (χ3v) is 16.6. The number of unbranched alkanes of at least 4 members (excludes halogenated alkanes) is 5. The first-order chi connectivity index (χ1) is 38.9. The average Bonchev–Trinajstić information content (AvgIpc) is 3.82. The Bertz CT molecular complexity index is 3580. The number of nitrogens with one attached hydrogen (secondary N) is 2. The second-order valence-electron chi connectivity index (χ2n) is 20.7. The van der Waals surface area contributed by atoms with E-state index in [1.165, 1.54) is 10.6 Å². The first kappa shape index (κ1) is 61.9. The van der Waals surface area contributed by atoms with Crippen molar-refractivity contribution in [2.75, 3.05) is 55.3 Å². The van der Waals surface area contributed by atoms with Crippen LogP contribution in [0.25, 0.3) is 39.9 Å². The molecule has 4 aliphatic rings. The molecule has 1 fully saturated rings. The highest BCUT2D eigenvalue weighted by Crippen LogP contribution is 2.50. The van der Waals surface area contributed by atoms with Crippen LogP contribution in [0, 0.1) is 6.92 Å². The molecule has 0 unspecified atom stereocenters. The number of aromatic nitrogens is 4. The first-order valence-corrected chi connectivity index (χ1v) is 31.7. The number of nitrogens with zero attached hydrogens (tertiary/aromatic N) is 6. The van der Waals surface area contributed by atoms with Gasteiger partial charge in [-0.2, -0.15) is 8.42 Å². The fourth-order valence-electron chi connectivity index (χ4n) is 10.7. The lowest BCUT2D eigenvalue weighted by molar-refractivity contribution is -0.121. The van der Waals surface area contributed by atoms with Gasteiger partial charge in [0, 0.05) is 65.6 Å². The van der Waals surface area contributed by atoms with Crippen molar-refractivity contribution in [1.82, 2.24) is 29.4 Å². The van der Waals surface area contributed by atoms with Crippen LogP contribution in [0.15, 0.2) is 100 Å². The molecular weight excluding hydrogens is 1120 g/mol. The van der Waals surface area contributed by atoms with E-state index in [-0.39, 0.29) is 33.7 Å². The largest absolute Gasteiger partial charge is 0.470 e. The van der Waals surface area contributed by atoms with E-state index in [0.29, 0.717) is 45.3 Å². The minimum absolute atomic E-state index is 0.0103. The van der Waals surface area contributed by atoms with E-state index < -0.39 is 62.3 Å². The molecule has 1 aliphatic carbocycles. The van der Waals surface area contributed by atoms with Gasteiger partial charge in [0.15, 0.2) is 23.2 Å². The van der Waals surface area contributed by atoms with Gasteiger partial charge in [0.25, 0.3) is 10.1 Å². The third-order valence-electron chi connectivity index (χ3n) is 14.8. The molecule has 3 aliphatic heterocycles. The van der Waals surface area contributed by atoms with Crippen molar-refractivity contribution in [3.8, 4) is 22.6 Å². The molecule has 1 amide bonds. The Morgan fingerprint density at radius 3 is 2.34 bits per heavy atom. The molecule has 4 aromatic rings. The quantitative estimate of drug-likeness (QED) is 0.0114. The topological polar surface area (TPSA) is 347 Å². The maximum atomic E-state index is 13.0. The van der Waals surface area contributed by atoms with Crippen LogP contribution in [0.4, 0.5) is 17.5 Å². The fourth-order valence-corrected chi connectivity index (χ4v) is 12.1. The van der Waals surface area contributed by atoms with E-state index in [9.17, 15) is 51.6 Å². The number of phosphoric acid groups is 2. The Balaban J connectivity index is 0.855. The number of amides is 1. The molecule has 10 N–H and O–H groups in total. The predicted molar refractivity (Wildman–Crippen MR) is 309 cm³/mol. The molecular formula is C55H72N9O15P2S+. The van der Waals surface area contributed by atoms with Crippen LogP contribution >= 0.6 is 15.6 Å². The number of phosphoric ester groups is 2. The Morgan fingerprint density at radius 1 is 0.927 bits per heavy atom. The predicted octanol–water partition coefficient (Wildman–Crippen LogP) is 7.03. The van der Waals surface area contributed by atoms with Crippen LogP contribution < -0.4 is 31.2 Å². The number of nitrogens with two attached hydrogens (primary N) is 1. The van der Waals surface area contributed by atoms with Gasteiger partial charge in [-0.05, 0) is 87.9 Å². The number of rotatable bonds is 26. The van der Waals surface area contributed by atoms with Gasteiger partial charge in [0.05, 0.1) is 17.6 Å². The molecule has 2 aromatic heterocycles. The minimum atomic E-state index is -5.24. The van der Waals surface area contributed by atoms with Crippen LogP contribution in [0.2, 0.25) is 0 Å². The number of nitrogen functional groups attached to an aromatic ring is 1. The van der Waals surface area contributed by atoms with Gasteiger partial charge in [-0.1, -0.05) is 75.6 Å². The van der Waals surface area contributed by atoms with Crippen molar-refractivity contribution < 1.29 is 69.8 Å². The van der Waals surface area contributed by atoms with E-state index in [4.69, 9.17) is 19.4 Å². The van der Waals surface area contributed by atoms with Gasteiger partial charge < -0.3 is 55.1 Å². The van der Waals surface area contributed by atoms with Gasteiger partial charge >= 0.3 is 15.6 Å².